The van der Waals surface area contributed by atoms with Gasteiger partial charge in [-0.3, -0.25) is 19.4 Å². The lowest BCUT2D eigenvalue weighted by molar-refractivity contribution is -0.117. The summed E-state index contributed by atoms with van der Waals surface area (Å²) in [6.07, 6.45) is 8.94. The van der Waals surface area contributed by atoms with Gasteiger partial charge in [0, 0.05) is 25.1 Å². The minimum atomic E-state index is -0.347. The molecule has 0 radical (unpaired) electrons. The number of carbonyl (C=O) groups is 1. The number of hydrogen-bond acceptors (Lipinski definition) is 5. The van der Waals surface area contributed by atoms with E-state index in [1.54, 1.807) is 10.9 Å². The van der Waals surface area contributed by atoms with Crippen LogP contribution in [-0.2, 0) is 24.2 Å². The first-order valence-corrected chi connectivity index (χ1v) is 10.1. The molecule has 0 unspecified atom stereocenters. The van der Waals surface area contributed by atoms with Crippen molar-refractivity contribution in [2.24, 2.45) is 0 Å². The molecule has 0 aliphatic carbocycles. The van der Waals surface area contributed by atoms with Crippen LogP contribution in [0.4, 0.5) is 15.8 Å². The van der Waals surface area contributed by atoms with Crippen molar-refractivity contribution in [2.75, 3.05) is 17.3 Å². The van der Waals surface area contributed by atoms with Crippen LogP contribution in [0.1, 0.15) is 35.9 Å². The number of amides is 1. The SMILES string of the molecule is CC[C@H]1C(=O)Nc2c(cc(CCc3cnn(Cc4cncc(F)c4)c3)nc2C)N1C. The summed E-state index contributed by atoms with van der Waals surface area (Å²) < 4.78 is 15.1. The van der Waals surface area contributed by atoms with E-state index in [9.17, 15) is 9.18 Å². The maximum atomic E-state index is 13.3. The average Bonchev–Trinajstić information content (AvgIpc) is 3.15. The van der Waals surface area contributed by atoms with Crippen LogP contribution in [0.5, 0.6) is 0 Å². The zero-order chi connectivity index (χ0) is 21.3. The Morgan fingerprint density at radius 2 is 2.00 bits per heavy atom. The highest BCUT2D eigenvalue weighted by molar-refractivity contribution is 6.04. The van der Waals surface area contributed by atoms with Crippen LogP contribution in [-0.4, -0.2) is 38.7 Å². The van der Waals surface area contributed by atoms with E-state index in [-0.39, 0.29) is 17.8 Å². The molecular formula is C22H25FN6O. The van der Waals surface area contributed by atoms with E-state index in [4.69, 9.17) is 0 Å². The summed E-state index contributed by atoms with van der Waals surface area (Å²) in [5.74, 6) is -0.328. The number of pyridine rings is 2. The lowest BCUT2D eigenvalue weighted by Gasteiger charge is -2.35. The van der Waals surface area contributed by atoms with Gasteiger partial charge in [0.1, 0.15) is 11.9 Å². The molecule has 1 aliphatic heterocycles. The van der Waals surface area contributed by atoms with E-state index in [2.05, 4.69) is 26.4 Å². The molecule has 3 aromatic rings. The molecule has 1 aliphatic rings. The number of fused-ring (bicyclic) bond motifs is 1. The normalized spacial score (nSPS) is 15.8. The lowest BCUT2D eigenvalue weighted by atomic mass is 10.0. The Labute approximate surface area is 175 Å². The number of carbonyl (C=O) groups excluding carboxylic acids is 1. The molecule has 0 saturated heterocycles. The van der Waals surface area contributed by atoms with Gasteiger partial charge in [0.2, 0.25) is 5.91 Å². The molecule has 1 N–H and O–H groups in total. The van der Waals surface area contributed by atoms with Crippen molar-refractivity contribution in [3.8, 4) is 0 Å². The Morgan fingerprint density at radius 3 is 2.77 bits per heavy atom. The minimum absolute atomic E-state index is 0.0195. The van der Waals surface area contributed by atoms with Crippen molar-refractivity contribution >= 4 is 17.3 Å². The fraction of sp³-hybridized carbons (Fsp3) is 0.364. The molecule has 0 bridgehead atoms. The van der Waals surface area contributed by atoms with Gasteiger partial charge in [-0.15, -0.1) is 0 Å². The number of nitrogens with zero attached hydrogens (tertiary/aromatic N) is 5. The maximum Gasteiger partial charge on any atom is 0.247 e. The first-order chi connectivity index (χ1) is 14.4. The molecule has 8 heteroatoms. The van der Waals surface area contributed by atoms with Gasteiger partial charge in [0.25, 0.3) is 0 Å². The van der Waals surface area contributed by atoms with E-state index in [0.29, 0.717) is 6.54 Å². The third-order valence-corrected chi connectivity index (χ3v) is 5.48. The van der Waals surface area contributed by atoms with Gasteiger partial charge in [0.05, 0.1) is 36.0 Å². The molecular weight excluding hydrogens is 383 g/mol. The summed E-state index contributed by atoms with van der Waals surface area (Å²) in [7, 11) is 1.96. The van der Waals surface area contributed by atoms with Gasteiger partial charge in [-0.05, 0) is 49.4 Å². The molecule has 30 heavy (non-hydrogen) atoms. The predicted molar refractivity (Wildman–Crippen MR) is 113 cm³/mol. The lowest BCUT2D eigenvalue weighted by Crippen LogP contribution is -2.46. The molecule has 0 fully saturated rings. The largest absolute Gasteiger partial charge is 0.361 e. The molecule has 1 atom stereocenters. The third-order valence-electron chi connectivity index (χ3n) is 5.48. The highest BCUT2D eigenvalue weighted by Crippen LogP contribution is 2.34. The third kappa shape index (κ3) is 4.03. The Morgan fingerprint density at radius 1 is 1.17 bits per heavy atom. The minimum Gasteiger partial charge on any atom is -0.361 e. The standard InChI is InChI=1S/C22H25FN6O/c1-4-19-22(30)27-21-14(2)26-18(8-20(21)28(19)3)6-5-15-10-25-29(12-15)13-16-7-17(23)11-24-9-16/h7-12,19H,4-6,13H2,1-3H3,(H,27,30)/t19-/m0/s1. The van der Waals surface area contributed by atoms with E-state index in [1.165, 1.54) is 12.3 Å². The first kappa shape index (κ1) is 20.0. The summed E-state index contributed by atoms with van der Waals surface area (Å²) in [4.78, 5) is 22.9. The van der Waals surface area contributed by atoms with Crippen LogP contribution < -0.4 is 10.2 Å². The summed E-state index contributed by atoms with van der Waals surface area (Å²) >= 11 is 0. The van der Waals surface area contributed by atoms with Crippen molar-refractivity contribution in [3.63, 3.8) is 0 Å². The second-order valence-electron chi connectivity index (χ2n) is 7.67. The van der Waals surface area contributed by atoms with Crippen LogP contribution in [0.2, 0.25) is 0 Å². The fourth-order valence-corrected chi connectivity index (χ4v) is 3.91. The molecule has 156 valence electrons. The Hall–Kier alpha value is -3.29. The van der Waals surface area contributed by atoms with Crippen molar-refractivity contribution in [1.29, 1.82) is 0 Å². The number of likely N-dealkylation sites (N-methyl/N-ethyl adjacent to an activating group) is 1. The van der Waals surface area contributed by atoms with Crippen LogP contribution in [0.3, 0.4) is 0 Å². The van der Waals surface area contributed by atoms with Crippen molar-refractivity contribution in [3.05, 3.63) is 65.3 Å². The van der Waals surface area contributed by atoms with E-state index < -0.39 is 0 Å². The van der Waals surface area contributed by atoms with Gasteiger partial charge < -0.3 is 10.2 Å². The van der Waals surface area contributed by atoms with Crippen LogP contribution in [0.15, 0.2) is 36.9 Å². The van der Waals surface area contributed by atoms with Gasteiger partial charge in [-0.2, -0.15) is 5.10 Å². The van der Waals surface area contributed by atoms with Gasteiger partial charge in [-0.1, -0.05) is 6.92 Å². The summed E-state index contributed by atoms with van der Waals surface area (Å²) in [5, 5.41) is 7.38. The molecule has 7 nitrogen and oxygen atoms in total. The molecule has 1 amide bonds. The number of aryl methyl sites for hydroxylation is 3. The first-order valence-electron chi connectivity index (χ1n) is 10.1. The Bertz CT molecular complexity index is 1080. The van der Waals surface area contributed by atoms with Crippen LogP contribution in [0.25, 0.3) is 0 Å². The quantitative estimate of drug-likeness (QED) is 0.678. The van der Waals surface area contributed by atoms with Gasteiger partial charge >= 0.3 is 0 Å². The molecule has 0 aromatic carbocycles. The van der Waals surface area contributed by atoms with Crippen molar-refractivity contribution < 1.29 is 9.18 Å². The zero-order valence-corrected chi connectivity index (χ0v) is 17.4. The fourth-order valence-electron chi connectivity index (χ4n) is 3.91. The second kappa shape index (κ2) is 8.22. The van der Waals surface area contributed by atoms with Crippen LogP contribution in [0, 0.1) is 12.7 Å². The molecule has 4 heterocycles. The number of rotatable bonds is 6. The number of aromatic nitrogens is 4. The molecule has 3 aromatic heterocycles. The number of halogens is 1. The second-order valence-corrected chi connectivity index (χ2v) is 7.67. The zero-order valence-electron chi connectivity index (χ0n) is 17.4. The van der Waals surface area contributed by atoms with E-state index in [0.717, 1.165) is 53.2 Å². The number of hydrogen-bond donors (Lipinski definition) is 1. The van der Waals surface area contributed by atoms with E-state index in [1.807, 2.05) is 38.2 Å². The monoisotopic (exact) mass is 408 g/mol. The summed E-state index contributed by atoms with van der Waals surface area (Å²) in [5.41, 5.74) is 5.47. The molecule has 4 rings (SSSR count). The highest BCUT2D eigenvalue weighted by Gasteiger charge is 2.30. The number of anilines is 2. The average molecular weight is 408 g/mol. The van der Waals surface area contributed by atoms with E-state index >= 15 is 0 Å². The predicted octanol–water partition coefficient (Wildman–Crippen LogP) is 3.12. The molecule has 0 saturated carbocycles. The Balaban J connectivity index is 1.46. The van der Waals surface area contributed by atoms with Crippen molar-refractivity contribution in [1.82, 2.24) is 19.7 Å². The van der Waals surface area contributed by atoms with Gasteiger partial charge in [0.15, 0.2) is 0 Å². The number of nitrogens with one attached hydrogen (secondary N) is 1. The van der Waals surface area contributed by atoms with Crippen LogP contribution >= 0.6 is 0 Å². The Kier molecular flexibility index (Phi) is 5.48. The maximum absolute atomic E-state index is 13.3. The topological polar surface area (TPSA) is 75.9 Å². The van der Waals surface area contributed by atoms with Crippen molar-refractivity contribution in [2.45, 2.75) is 45.7 Å². The van der Waals surface area contributed by atoms with Gasteiger partial charge in [-0.25, -0.2) is 4.39 Å². The highest BCUT2D eigenvalue weighted by atomic mass is 19.1. The summed E-state index contributed by atoms with van der Waals surface area (Å²) in [6.45, 7) is 4.41. The molecule has 0 spiro atoms. The summed E-state index contributed by atoms with van der Waals surface area (Å²) in [6, 6.07) is 3.36. The smallest absolute Gasteiger partial charge is 0.247 e.